The van der Waals surface area contributed by atoms with Gasteiger partial charge in [0.1, 0.15) is 0 Å². The summed E-state index contributed by atoms with van der Waals surface area (Å²) in [6.07, 6.45) is 0. The second-order valence-electron chi connectivity index (χ2n) is 4.22. The van der Waals surface area contributed by atoms with E-state index in [0.29, 0.717) is 6.04 Å². The highest BCUT2D eigenvalue weighted by Gasteiger charge is 2.18. The third-order valence-electron chi connectivity index (χ3n) is 2.74. The van der Waals surface area contributed by atoms with Crippen molar-refractivity contribution in [3.8, 4) is 11.8 Å². The van der Waals surface area contributed by atoms with Crippen LogP contribution in [0.5, 0.6) is 0 Å². The fourth-order valence-corrected chi connectivity index (χ4v) is 1.84. The molecule has 3 nitrogen and oxygen atoms in total. The lowest BCUT2D eigenvalue weighted by atomic mass is 10.2. The molecule has 0 saturated carbocycles. The number of benzene rings is 1. The fraction of sp³-hybridized carbons (Fsp3) is 0.357. The summed E-state index contributed by atoms with van der Waals surface area (Å²) in [4.78, 5) is 13.6. The van der Waals surface area contributed by atoms with E-state index in [4.69, 9.17) is 0 Å². The molecule has 1 aromatic carbocycles. The van der Waals surface area contributed by atoms with Gasteiger partial charge in [0.05, 0.1) is 0 Å². The molecule has 1 amide bonds. The highest BCUT2D eigenvalue weighted by atomic mass is 16.2. The quantitative estimate of drug-likeness (QED) is 0.668. The molecule has 1 aromatic rings. The van der Waals surface area contributed by atoms with Crippen LogP contribution in [0.25, 0.3) is 0 Å². The largest absolute Gasteiger partial charge is 0.329 e. The van der Waals surface area contributed by atoms with E-state index >= 15 is 0 Å². The van der Waals surface area contributed by atoms with E-state index in [0.717, 1.165) is 25.2 Å². The maximum Gasteiger partial charge on any atom is 0.298 e. The number of amides is 1. The molecule has 1 heterocycles. The van der Waals surface area contributed by atoms with Crippen LogP contribution in [0.4, 0.5) is 0 Å². The van der Waals surface area contributed by atoms with Gasteiger partial charge in [0.15, 0.2) is 0 Å². The van der Waals surface area contributed by atoms with Crippen molar-refractivity contribution in [1.29, 1.82) is 0 Å². The second-order valence-corrected chi connectivity index (χ2v) is 4.22. The van der Waals surface area contributed by atoms with Crippen molar-refractivity contribution in [2.24, 2.45) is 0 Å². The van der Waals surface area contributed by atoms with Crippen molar-refractivity contribution in [1.82, 2.24) is 10.2 Å². The van der Waals surface area contributed by atoms with E-state index in [1.54, 1.807) is 4.90 Å². The van der Waals surface area contributed by atoms with Crippen LogP contribution in [0.3, 0.4) is 0 Å². The minimum Gasteiger partial charge on any atom is -0.329 e. The number of piperazine rings is 1. The summed E-state index contributed by atoms with van der Waals surface area (Å²) >= 11 is 0. The summed E-state index contributed by atoms with van der Waals surface area (Å²) in [7, 11) is 0. The number of hydrogen-bond donors (Lipinski definition) is 1. The molecule has 0 aromatic heterocycles. The normalized spacial score (nSPS) is 19.4. The lowest BCUT2D eigenvalue weighted by molar-refractivity contribution is -0.126. The van der Waals surface area contributed by atoms with E-state index < -0.39 is 0 Å². The van der Waals surface area contributed by atoms with Gasteiger partial charge in [-0.1, -0.05) is 24.1 Å². The van der Waals surface area contributed by atoms with Gasteiger partial charge in [-0.05, 0) is 19.1 Å². The summed E-state index contributed by atoms with van der Waals surface area (Å²) in [5, 5.41) is 3.30. The maximum atomic E-state index is 11.8. The van der Waals surface area contributed by atoms with Crippen molar-refractivity contribution in [2.45, 2.75) is 13.0 Å². The number of nitrogens with zero attached hydrogens (tertiary/aromatic N) is 1. The number of carbonyl (C=O) groups excluding carboxylic acids is 1. The Balaban J connectivity index is 2.00. The van der Waals surface area contributed by atoms with Gasteiger partial charge in [-0.3, -0.25) is 4.79 Å². The first-order valence-electron chi connectivity index (χ1n) is 5.85. The number of hydrogen-bond acceptors (Lipinski definition) is 2. The van der Waals surface area contributed by atoms with Gasteiger partial charge in [-0.15, -0.1) is 0 Å². The molecule has 88 valence electrons. The molecule has 1 aliphatic heterocycles. The molecule has 0 spiro atoms. The van der Waals surface area contributed by atoms with Crippen LogP contribution in [0.1, 0.15) is 12.5 Å². The average Bonchev–Trinajstić information content (AvgIpc) is 2.37. The summed E-state index contributed by atoms with van der Waals surface area (Å²) in [5.41, 5.74) is 0.879. The second kappa shape index (κ2) is 5.51. The van der Waals surface area contributed by atoms with Gasteiger partial charge in [0.25, 0.3) is 5.91 Å². The smallest absolute Gasteiger partial charge is 0.298 e. The molecule has 0 bridgehead atoms. The Morgan fingerprint density at radius 3 is 2.88 bits per heavy atom. The molecule has 2 rings (SSSR count). The van der Waals surface area contributed by atoms with Gasteiger partial charge in [-0.25, -0.2) is 0 Å². The Hall–Kier alpha value is -1.79. The molecule has 1 atom stereocenters. The van der Waals surface area contributed by atoms with Crippen molar-refractivity contribution in [3.05, 3.63) is 35.9 Å². The van der Waals surface area contributed by atoms with E-state index in [1.807, 2.05) is 30.3 Å². The molecule has 1 fully saturated rings. The first-order chi connectivity index (χ1) is 8.25. The van der Waals surface area contributed by atoms with Crippen LogP contribution in [0.15, 0.2) is 30.3 Å². The Morgan fingerprint density at radius 2 is 2.18 bits per heavy atom. The molecule has 0 aliphatic carbocycles. The molecule has 1 saturated heterocycles. The molecule has 1 N–H and O–H groups in total. The number of carbonyl (C=O) groups is 1. The van der Waals surface area contributed by atoms with E-state index in [9.17, 15) is 4.79 Å². The zero-order valence-electron chi connectivity index (χ0n) is 9.94. The van der Waals surface area contributed by atoms with E-state index in [1.165, 1.54) is 0 Å². The molecule has 1 aliphatic rings. The van der Waals surface area contributed by atoms with Crippen LogP contribution in [-0.2, 0) is 4.79 Å². The van der Waals surface area contributed by atoms with Gasteiger partial charge < -0.3 is 10.2 Å². The fourth-order valence-electron chi connectivity index (χ4n) is 1.84. The van der Waals surface area contributed by atoms with Crippen molar-refractivity contribution >= 4 is 5.91 Å². The van der Waals surface area contributed by atoms with Crippen LogP contribution in [0.2, 0.25) is 0 Å². The average molecular weight is 228 g/mol. The third kappa shape index (κ3) is 3.33. The minimum atomic E-state index is -0.0813. The van der Waals surface area contributed by atoms with Crippen molar-refractivity contribution in [2.75, 3.05) is 19.6 Å². The lowest BCUT2D eigenvalue weighted by Crippen LogP contribution is -2.51. The van der Waals surface area contributed by atoms with E-state index in [2.05, 4.69) is 24.1 Å². The van der Waals surface area contributed by atoms with Crippen molar-refractivity contribution < 1.29 is 4.79 Å². The molecule has 0 radical (unpaired) electrons. The topological polar surface area (TPSA) is 32.3 Å². The molecule has 17 heavy (non-hydrogen) atoms. The summed E-state index contributed by atoms with van der Waals surface area (Å²) in [6, 6.07) is 9.93. The zero-order chi connectivity index (χ0) is 12.1. The Bertz CT molecular complexity index is 444. The lowest BCUT2D eigenvalue weighted by Gasteiger charge is -2.30. The first-order valence-corrected chi connectivity index (χ1v) is 5.85. The van der Waals surface area contributed by atoms with Gasteiger partial charge in [-0.2, -0.15) is 0 Å². The Kier molecular flexibility index (Phi) is 3.79. The van der Waals surface area contributed by atoms with Crippen LogP contribution >= 0.6 is 0 Å². The van der Waals surface area contributed by atoms with Gasteiger partial charge in [0.2, 0.25) is 0 Å². The van der Waals surface area contributed by atoms with Crippen LogP contribution < -0.4 is 5.32 Å². The SMILES string of the molecule is CC1CN(C(=O)C#Cc2ccccc2)CCN1. The maximum absolute atomic E-state index is 11.8. The molecular weight excluding hydrogens is 212 g/mol. The highest BCUT2D eigenvalue weighted by Crippen LogP contribution is 1.99. The molecule has 1 unspecified atom stereocenters. The third-order valence-corrected chi connectivity index (χ3v) is 2.74. The van der Waals surface area contributed by atoms with Crippen LogP contribution in [-0.4, -0.2) is 36.5 Å². The van der Waals surface area contributed by atoms with Gasteiger partial charge >= 0.3 is 0 Å². The number of rotatable bonds is 0. The number of nitrogens with one attached hydrogen (secondary N) is 1. The molecular formula is C14H16N2O. The highest BCUT2D eigenvalue weighted by molar-refractivity contribution is 5.94. The summed E-state index contributed by atoms with van der Waals surface area (Å²) < 4.78 is 0. The molecule has 3 heteroatoms. The Morgan fingerprint density at radius 1 is 1.41 bits per heavy atom. The predicted octanol–water partition coefficient (Wildman–Crippen LogP) is 0.858. The first kappa shape index (κ1) is 11.7. The summed E-state index contributed by atoms with van der Waals surface area (Å²) in [5.74, 6) is 5.51. The predicted molar refractivity (Wildman–Crippen MR) is 67.4 cm³/mol. The summed E-state index contributed by atoms with van der Waals surface area (Å²) in [6.45, 7) is 4.40. The van der Waals surface area contributed by atoms with Crippen LogP contribution in [0, 0.1) is 11.8 Å². The Labute approximate surface area is 102 Å². The minimum absolute atomic E-state index is 0.0813. The standard InChI is InChI=1S/C14H16N2O/c1-12-11-16(10-9-15-12)14(17)8-7-13-5-3-2-4-6-13/h2-6,12,15H,9-11H2,1H3. The zero-order valence-corrected chi connectivity index (χ0v) is 9.94. The van der Waals surface area contributed by atoms with Crippen molar-refractivity contribution in [3.63, 3.8) is 0 Å². The monoisotopic (exact) mass is 228 g/mol. The van der Waals surface area contributed by atoms with Gasteiger partial charge in [0, 0.05) is 37.2 Å². The van der Waals surface area contributed by atoms with E-state index in [-0.39, 0.29) is 5.91 Å².